The fraction of sp³-hybridized carbons (Fsp3) is 0.467. The molecule has 120 valence electrons. The molecule has 1 aromatic carbocycles. The molecule has 1 amide bonds. The van der Waals surface area contributed by atoms with Crippen molar-refractivity contribution in [3.8, 4) is 0 Å². The van der Waals surface area contributed by atoms with E-state index in [9.17, 15) is 18.0 Å². The number of nitrogens with one attached hydrogen (secondary N) is 1. The average molecular weight is 325 g/mol. The summed E-state index contributed by atoms with van der Waals surface area (Å²) in [4.78, 5) is 22.6. The lowest BCUT2D eigenvalue weighted by Gasteiger charge is -2.22. The highest BCUT2D eigenvalue weighted by molar-refractivity contribution is 7.91. The number of carbonyl (C=O) groups is 2. The van der Waals surface area contributed by atoms with Crippen molar-refractivity contribution in [2.24, 2.45) is 5.92 Å². The van der Waals surface area contributed by atoms with Gasteiger partial charge >= 0.3 is 5.97 Å². The molecule has 0 unspecified atom stereocenters. The number of hydrogen-bond donors (Lipinski definition) is 2. The normalized spacial score (nSPS) is 17.8. The number of amides is 1. The SMILES string of the molecule is O=C(O)Cc1ccc(C(=O)NCC2CCS(=O)(=O)CC2)cc1. The van der Waals surface area contributed by atoms with Gasteiger partial charge in [-0.15, -0.1) is 0 Å². The smallest absolute Gasteiger partial charge is 0.307 e. The molecule has 0 bridgehead atoms. The van der Waals surface area contributed by atoms with Crippen LogP contribution in [0.3, 0.4) is 0 Å². The van der Waals surface area contributed by atoms with E-state index in [-0.39, 0.29) is 29.8 Å². The van der Waals surface area contributed by atoms with E-state index >= 15 is 0 Å². The van der Waals surface area contributed by atoms with Gasteiger partial charge in [-0.3, -0.25) is 9.59 Å². The fourth-order valence-electron chi connectivity index (χ4n) is 2.43. The number of benzene rings is 1. The molecular formula is C15H19NO5S. The van der Waals surface area contributed by atoms with Gasteiger partial charge in [0.2, 0.25) is 0 Å². The lowest BCUT2D eigenvalue weighted by molar-refractivity contribution is -0.136. The van der Waals surface area contributed by atoms with Gasteiger partial charge in [-0.1, -0.05) is 12.1 Å². The molecule has 0 spiro atoms. The summed E-state index contributed by atoms with van der Waals surface area (Å²) < 4.78 is 22.7. The van der Waals surface area contributed by atoms with Gasteiger partial charge in [-0.05, 0) is 36.5 Å². The zero-order chi connectivity index (χ0) is 16.2. The summed E-state index contributed by atoms with van der Waals surface area (Å²) in [5, 5.41) is 11.5. The Hall–Kier alpha value is -1.89. The van der Waals surface area contributed by atoms with Crippen molar-refractivity contribution in [1.82, 2.24) is 5.32 Å². The highest BCUT2D eigenvalue weighted by Crippen LogP contribution is 2.18. The Labute approximate surface area is 129 Å². The molecule has 0 aliphatic carbocycles. The topological polar surface area (TPSA) is 101 Å². The number of carbonyl (C=O) groups excluding carboxylic acids is 1. The van der Waals surface area contributed by atoms with Crippen LogP contribution in [0.5, 0.6) is 0 Å². The molecule has 1 heterocycles. The molecule has 2 rings (SSSR count). The molecular weight excluding hydrogens is 306 g/mol. The quantitative estimate of drug-likeness (QED) is 0.836. The molecule has 1 fully saturated rings. The Morgan fingerprint density at radius 3 is 2.27 bits per heavy atom. The molecule has 2 N–H and O–H groups in total. The first-order valence-electron chi connectivity index (χ1n) is 7.15. The minimum atomic E-state index is -2.88. The summed E-state index contributed by atoms with van der Waals surface area (Å²) in [7, 11) is -2.88. The molecule has 6 nitrogen and oxygen atoms in total. The second-order valence-corrected chi connectivity index (χ2v) is 7.88. The van der Waals surface area contributed by atoms with Crippen molar-refractivity contribution in [2.45, 2.75) is 19.3 Å². The Bertz CT molecular complexity index is 637. The Morgan fingerprint density at radius 2 is 1.73 bits per heavy atom. The molecule has 1 aliphatic heterocycles. The third-order valence-corrected chi connectivity index (χ3v) is 5.51. The van der Waals surface area contributed by atoms with Crippen LogP contribution in [0.1, 0.15) is 28.8 Å². The van der Waals surface area contributed by atoms with E-state index in [1.165, 1.54) is 0 Å². The van der Waals surface area contributed by atoms with Crippen molar-refractivity contribution in [1.29, 1.82) is 0 Å². The van der Waals surface area contributed by atoms with E-state index in [1.54, 1.807) is 24.3 Å². The van der Waals surface area contributed by atoms with E-state index in [4.69, 9.17) is 5.11 Å². The first kappa shape index (κ1) is 16.5. The van der Waals surface area contributed by atoms with E-state index in [1.807, 2.05) is 0 Å². The fourth-order valence-corrected chi connectivity index (χ4v) is 4.02. The van der Waals surface area contributed by atoms with Gasteiger partial charge in [0.1, 0.15) is 9.84 Å². The van der Waals surface area contributed by atoms with E-state index < -0.39 is 15.8 Å². The van der Waals surface area contributed by atoms with Crippen LogP contribution in [-0.4, -0.2) is 43.5 Å². The van der Waals surface area contributed by atoms with Crippen molar-refractivity contribution in [3.05, 3.63) is 35.4 Å². The number of carboxylic acid groups (broad SMARTS) is 1. The third kappa shape index (κ3) is 4.84. The maximum absolute atomic E-state index is 12.0. The largest absolute Gasteiger partial charge is 0.481 e. The second kappa shape index (κ2) is 6.91. The maximum atomic E-state index is 12.0. The highest BCUT2D eigenvalue weighted by Gasteiger charge is 2.23. The summed E-state index contributed by atoms with van der Waals surface area (Å²) in [6.07, 6.45) is 1.10. The molecule has 7 heteroatoms. The van der Waals surface area contributed by atoms with Crippen LogP contribution in [0.4, 0.5) is 0 Å². The Morgan fingerprint density at radius 1 is 1.14 bits per heavy atom. The number of rotatable bonds is 5. The lowest BCUT2D eigenvalue weighted by atomic mass is 10.0. The van der Waals surface area contributed by atoms with Crippen molar-refractivity contribution in [2.75, 3.05) is 18.1 Å². The first-order valence-corrected chi connectivity index (χ1v) is 8.97. The van der Waals surface area contributed by atoms with Crippen LogP contribution < -0.4 is 5.32 Å². The number of sulfone groups is 1. The van der Waals surface area contributed by atoms with Crippen molar-refractivity contribution < 1.29 is 23.1 Å². The predicted molar refractivity (Wildman–Crippen MR) is 81.5 cm³/mol. The lowest BCUT2D eigenvalue weighted by Crippen LogP contribution is -2.34. The van der Waals surface area contributed by atoms with Gasteiger partial charge in [0, 0.05) is 12.1 Å². The molecule has 1 aromatic rings. The second-order valence-electron chi connectivity index (χ2n) is 5.57. The Balaban J connectivity index is 1.83. The summed E-state index contributed by atoms with van der Waals surface area (Å²) in [6.45, 7) is 0.464. The van der Waals surface area contributed by atoms with E-state index in [0.717, 1.165) is 0 Å². The minimum absolute atomic E-state index is 0.0710. The molecule has 1 aliphatic rings. The highest BCUT2D eigenvalue weighted by atomic mass is 32.2. The third-order valence-electron chi connectivity index (χ3n) is 3.80. The molecule has 0 radical (unpaired) electrons. The predicted octanol–water partition coefficient (Wildman–Crippen LogP) is 0.868. The monoisotopic (exact) mass is 325 g/mol. The van der Waals surface area contributed by atoms with Gasteiger partial charge < -0.3 is 10.4 Å². The van der Waals surface area contributed by atoms with Crippen molar-refractivity contribution in [3.63, 3.8) is 0 Å². The summed E-state index contributed by atoms with van der Waals surface area (Å²) in [5.74, 6) is -0.562. The minimum Gasteiger partial charge on any atom is -0.481 e. The van der Waals surface area contributed by atoms with Gasteiger partial charge in [0.05, 0.1) is 17.9 Å². The van der Waals surface area contributed by atoms with E-state index in [0.29, 0.717) is 30.5 Å². The summed E-state index contributed by atoms with van der Waals surface area (Å²) >= 11 is 0. The number of aliphatic carboxylic acids is 1. The van der Waals surface area contributed by atoms with Crippen LogP contribution in [0, 0.1) is 5.92 Å². The van der Waals surface area contributed by atoms with E-state index in [2.05, 4.69) is 5.32 Å². The van der Waals surface area contributed by atoms with Gasteiger partial charge in [0.15, 0.2) is 0 Å². The number of carboxylic acids is 1. The zero-order valence-electron chi connectivity index (χ0n) is 12.1. The first-order chi connectivity index (χ1) is 10.4. The molecule has 0 saturated carbocycles. The van der Waals surface area contributed by atoms with Crippen molar-refractivity contribution >= 4 is 21.7 Å². The summed E-state index contributed by atoms with van der Waals surface area (Å²) in [6, 6.07) is 6.43. The average Bonchev–Trinajstić information content (AvgIpc) is 2.46. The standard InChI is InChI=1S/C15H19NO5S/c17-14(18)9-11-1-3-13(4-2-11)15(19)16-10-12-5-7-22(20,21)8-6-12/h1-4,12H,5-10H2,(H,16,19)(H,17,18). The van der Waals surface area contributed by atoms with Gasteiger partial charge in [-0.25, -0.2) is 8.42 Å². The maximum Gasteiger partial charge on any atom is 0.307 e. The van der Waals surface area contributed by atoms with Gasteiger partial charge in [-0.2, -0.15) is 0 Å². The van der Waals surface area contributed by atoms with Gasteiger partial charge in [0.25, 0.3) is 5.91 Å². The molecule has 0 atom stereocenters. The van der Waals surface area contributed by atoms with Crippen LogP contribution in [0.25, 0.3) is 0 Å². The van der Waals surface area contributed by atoms with Crippen LogP contribution in [-0.2, 0) is 21.1 Å². The summed E-state index contributed by atoms with van der Waals surface area (Å²) in [5.41, 5.74) is 1.11. The van der Waals surface area contributed by atoms with Crippen LogP contribution in [0.2, 0.25) is 0 Å². The molecule has 0 aromatic heterocycles. The number of hydrogen-bond acceptors (Lipinski definition) is 4. The zero-order valence-corrected chi connectivity index (χ0v) is 12.9. The van der Waals surface area contributed by atoms with Crippen LogP contribution in [0.15, 0.2) is 24.3 Å². The molecule has 22 heavy (non-hydrogen) atoms. The Kier molecular flexibility index (Phi) is 5.18. The molecule has 1 saturated heterocycles. The van der Waals surface area contributed by atoms with Crippen LogP contribution >= 0.6 is 0 Å².